The molecule has 3 rings (SSSR count). The van der Waals surface area contributed by atoms with Gasteiger partial charge in [0.1, 0.15) is 0 Å². The van der Waals surface area contributed by atoms with Crippen molar-refractivity contribution in [2.45, 2.75) is 25.8 Å². The summed E-state index contributed by atoms with van der Waals surface area (Å²) in [5.41, 5.74) is 2.75. The molecule has 96 valence electrons. The molecule has 3 nitrogen and oxygen atoms in total. The zero-order valence-corrected chi connectivity index (χ0v) is 11.1. The Morgan fingerprint density at radius 2 is 2.06 bits per heavy atom. The molecule has 0 radical (unpaired) electrons. The van der Waals surface area contributed by atoms with Crippen LogP contribution in [0.4, 0.5) is 0 Å². The van der Waals surface area contributed by atoms with Gasteiger partial charge in [0.2, 0.25) is 5.91 Å². The van der Waals surface area contributed by atoms with Gasteiger partial charge in [-0.3, -0.25) is 4.79 Å². The van der Waals surface area contributed by atoms with Crippen molar-refractivity contribution >= 4 is 5.91 Å². The number of nitrogens with zero attached hydrogens (tertiary/aromatic N) is 1. The van der Waals surface area contributed by atoms with Crippen molar-refractivity contribution in [3.05, 3.63) is 35.4 Å². The lowest BCUT2D eigenvalue weighted by molar-refractivity contribution is -0.139. The van der Waals surface area contributed by atoms with Gasteiger partial charge in [-0.05, 0) is 11.1 Å². The van der Waals surface area contributed by atoms with Crippen LogP contribution in [-0.2, 0) is 16.8 Å². The fourth-order valence-corrected chi connectivity index (χ4v) is 3.02. The molecule has 0 saturated carbocycles. The molecular formula is C15H20N2O. The number of amides is 1. The van der Waals surface area contributed by atoms with Crippen LogP contribution >= 0.6 is 0 Å². The van der Waals surface area contributed by atoms with Crippen molar-refractivity contribution < 1.29 is 4.79 Å². The summed E-state index contributed by atoms with van der Waals surface area (Å²) in [5, 5.41) is 3.17. The van der Waals surface area contributed by atoms with Gasteiger partial charge in [-0.25, -0.2) is 0 Å². The minimum atomic E-state index is 0.0572. The summed E-state index contributed by atoms with van der Waals surface area (Å²) in [7, 11) is 0. The van der Waals surface area contributed by atoms with Gasteiger partial charge in [0.25, 0.3) is 0 Å². The number of benzene rings is 1. The standard InChI is InChI=1S/C15H20N2O/c1-15(2)10-17(14(18)12-7-16-8-12)9-11-5-3-4-6-13(11)15/h3-6,12,16H,7-10H2,1-2H3. The molecule has 18 heavy (non-hydrogen) atoms. The van der Waals surface area contributed by atoms with Gasteiger partial charge in [0.05, 0.1) is 5.92 Å². The maximum Gasteiger partial charge on any atom is 0.228 e. The van der Waals surface area contributed by atoms with E-state index < -0.39 is 0 Å². The van der Waals surface area contributed by atoms with Gasteiger partial charge in [-0.15, -0.1) is 0 Å². The summed E-state index contributed by atoms with van der Waals surface area (Å²) in [6.45, 7) is 7.75. The van der Waals surface area contributed by atoms with E-state index >= 15 is 0 Å². The van der Waals surface area contributed by atoms with Crippen LogP contribution in [0, 0.1) is 5.92 Å². The number of carbonyl (C=O) groups excluding carboxylic acids is 1. The van der Waals surface area contributed by atoms with Crippen molar-refractivity contribution in [3.63, 3.8) is 0 Å². The zero-order chi connectivity index (χ0) is 12.8. The second-order valence-electron chi connectivity index (χ2n) is 6.09. The molecule has 0 aliphatic carbocycles. The van der Waals surface area contributed by atoms with Crippen molar-refractivity contribution in [1.82, 2.24) is 10.2 Å². The van der Waals surface area contributed by atoms with E-state index in [2.05, 4.69) is 43.4 Å². The molecule has 1 N–H and O–H groups in total. The fraction of sp³-hybridized carbons (Fsp3) is 0.533. The molecule has 3 heteroatoms. The number of hydrogen-bond acceptors (Lipinski definition) is 2. The Labute approximate surface area is 108 Å². The molecule has 2 heterocycles. The maximum atomic E-state index is 12.4. The third kappa shape index (κ3) is 1.83. The lowest BCUT2D eigenvalue weighted by Gasteiger charge is -2.42. The van der Waals surface area contributed by atoms with Crippen LogP contribution in [0.25, 0.3) is 0 Å². The quantitative estimate of drug-likeness (QED) is 0.812. The molecule has 1 saturated heterocycles. The van der Waals surface area contributed by atoms with E-state index in [1.165, 1.54) is 11.1 Å². The number of hydrogen-bond donors (Lipinski definition) is 1. The minimum Gasteiger partial charge on any atom is -0.337 e. The summed E-state index contributed by atoms with van der Waals surface area (Å²) in [6, 6.07) is 8.50. The number of rotatable bonds is 1. The highest BCUT2D eigenvalue weighted by Crippen LogP contribution is 2.33. The van der Waals surface area contributed by atoms with Crippen molar-refractivity contribution in [3.8, 4) is 0 Å². The largest absolute Gasteiger partial charge is 0.337 e. The highest BCUT2D eigenvalue weighted by Gasteiger charge is 2.37. The Morgan fingerprint density at radius 1 is 1.33 bits per heavy atom. The van der Waals surface area contributed by atoms with E-state index in [1.807, 2.05) is 4.90 Å². The molecule has 2 aliphatic rings. The van der Waals surface area contributed by atoms with E-state index in [1.54, 1.807) is 0 Å². The molecule has 1 aromatic carbocycles. The second kappa shape index (κ2) is 4.09. The monoisotopic (exact) mass is 244 g/mol. The Hall–Kier alpha value is -1.35. The van der Waals surface area contributed by atoms with Gasteiger partial charge in [-0.2, -0.15) is 0 Å². The Balaban J connectivity index is 1.87. The molecule has 0 unspecified atom stereocenters. The maximum absolute atomic E-state index is 12.4. The summed E-state index contributed by atoms with van der Waals surface area (Å²) in [6.07, 6.45) is 0. The predicted octanol–water partition coefficient (Wildman–Crippen LogP) is 1.53. The van der Waals surface area contributed by atoms with E-state index in [4.69, 9.17) is 0 Å². The van der Waals surface area contributed by atoms with Gasteiger partial charge < -0.3 is 10.2 Å². The first kappa shape index (κ1) is 11.7. The summed E-state index contributed by atoms with van der Waals surface area (Å²) >= 11 is 0. The third-order valence-corrected chi connectivity index (χ3v) is 4.14. The fourth-order valence-electron chi connectivity index (χ4n) is 3.02. The van der Waals surface area contributed by atoms with Crippen molar-refractivity contribution in [1.29, 1.82) is 0 Å². The van der Waals surface area contributed by atoms with Crippen molar-refractivity contribution in [2.24, 2.45) is 5.92 Å². The topological polar surface area (TPSA) is 32.3 Å². The number of carbonyl (C=O) groups is 1. The minimum absolute atomic E-state index is 0.0572. The molecule has 2 aliphatic heterocycles. The summed E-state index contributed by atoms with van der Waals surface area (Å²) in [5.74, 6) is 0.516. The average molecular weight is 244 g/mol. The average Bonchev–Trinajstić information content (AvgIpc) is 2.25. The highest BCUT2D eigenvalue weighted by atomic mass is 16.2. The molecular weight excluding hydrogens is 224 g/mol. The lowest BCUT2D eigenvalue weighted by atomic mass is 9.78. The lowest BCUT2D eigenvalue weighted by Crippen LogP contribution is -2.55. The van der Waals surface area contributed by atoms with Crippen LogP contribution in [-0.4, -0.2) is 30.4 Å². The number of fused-ring (bicyclic) bond motifs is 1. The normalized spacial score (nSPS) is 22.2. The van der Waals surface area contributed by atoms with E-state index in [0.29, 0.717) is 5.91 Å². The van der Waals surface area contributed by atoms with E-state index in [-0.39, 0.29) is 11.3 Å². The third-order valence-electron chi connectivity index (χ3n) is 4.14. The first-order chi connectivity index (χ1) is 8.58. The Kier molecular flexibility index (Phi) is 2.67. The summed E-state index contributed by atoms with van der Waals surface area (Å²) in [4.78, 5) is 14.4. The van der Waals surface area contributed by atoms with E-state index in [9.17, 15) is 4.79 Å². The van der Waals surface area contributed by atoms with Crippen LogP contribution in [0.5, 0.6) is 0 Å². The highest BCUT2D eigenvalue weighted by molar-refractivity contribution is 5.80. The van der Waals surface area contributed by atoms with Gasteiger partial charge >= 0.3 is 0 Å². The first-order valence-electron chi connectivity index (χ1n) is 6.66. The molecule has 0 spiro atoms. The smallest absolute Gasteiger partial charge is 0.228 e. The molecule has 0 atom stereocenters. The van der Waals surface area contributed by atoms with E-state index in [0.717, 1.165) is 26.2 Å². The first-order valence-corrected chi connectivity index (χ1v) is 6.66. The van der Waals surface area contributed by atoms with Crippen LogP contribution < -0.4 is 5.32 Å². The second-order valence-corrected chi connectivity index (χ2v) is 6.09. The van der Waals surface area contributed by atoms with Crippen LogP contribution in [0.2, 0.25) is 0 Å². The Bertz CT molecular complexity index is 477. The van der Waals surface area contributed by atoms with Gasteiger partial charge in [0, 0.05) is 31.6 Å². The zero-order valence-electron chi connectivity index (χ0n) is 11.1. The number of nitrogens with one attached hydrogen (secondary N) is 1. The Morgan fingerprint density at radius 3 is 2.72 bits per heavy atom. The van der Waals surface area contributed by atoms with Crippen LogP contribution in [0.3, 0.4) is 0 Å². The predicted molar refractivity (Wildman–Crippen MR) is 71.2 cm³/mol. The molecule has 0 aromatic heterocycles. The van der Waals surface area contributed by atoms with Gasteiger partial charge in [-0.1, -0.05) is 38.1 Å². The molecule has 1 fully saturated rings. The summed E-state index contributed by atoms with van der Waals surface area (Å²) < 4.78 is 0. The molecule has 1 amide bonds. The molecule has 1 aromatic rings. The van der Waals surface area contributed by atoms with Crippen LogP contribution in [0.1, 0.15) is 25.0 Å². The van der Waals surface area contributed by atoms with Crippen LogP contribution in [0.15, 0.2) is 24.3 Å². The van der Waals surface area contributed by atoms with Crippen molar-refractivity contribution in [2.75, 3.05) is 19.6 Å². The SMILES string of the molecule is CC1(C)CN(C(=O)C2CNC2)Cc2ccccc21. The molecule has 0 bridgehead atoms. The van der Waals surface area contributed by atoms with Gasteiger partial charge in [0.15, 0.2) is 0 Å².